The summed E-state index contributed by atoms with van der Waals surface area (Å²) in [6, 6.07) is 0. The van der Waals surface area contributed by atoms with Gasteiger partial charge < -0.3 is 20.1 Å². The minimum Gasteiger partial charge on any atom is -0.380 e. The number of rotatable bonds is 9. The van der Waals surface area contributed by atoms with Crippen molar-refractivity contribution < 1.29 is 9.47 Å². The molecule has 0 rings (SSSR count). The third-order valence-corrected chi connectivity index (χ3v) is 2.25. The van der Waals surface area contributed by atoms with Gasteiger partial charge in [0.15, 0.2) is 0 Å². The molecule has 0 aromatic heterocycles. The van der Waals surface area contributed by atoms with Crippen LogP contribution in [0.3, 0.4) is 0 Å². The van der Waals surface area contributed by atoms with Gasteiger partial charge in [0, 0.05) is 33.4 Å². The Kier molecular flexibility index (Phi) is 9.29. The second kappa shape index (κ2) is 9.40. The van der Waals surface area contributed by atoms with Crippen LogP contribution in [0.15, 0.2) is 0 Å². The Morgan fingerprint density at radius 2 is 2.07 bits per heavy atom. The Balaban J connectivity index is 3.37. The third-order valence-electron chi connectivity index (χ3n) is 2.25. The molecule has 0 aliphatic rings. The van der Waals surface area contributed by atoms with Crippen molar-refractivity contribution in [3.05, 3.63) is 0 Å². The summed E-state index contributed by atoms with van der Waals surface area (Å²) in [5.74, 6) is 0. The van der Waals surface area contributed by atoms with Gasteiger partial charge in [-0.25, -0.2) is 0 Å². The molecule has 0 saturated carbocycles. The van der Waals surface area contributed by atoms with E-state index >= 15 is 0 Å². The van der Waals surface area contributed by atoms with Gasteiger partial charge in [-0.2, -0.15) is 0 Å². The van der Waals surface area contributed by atoms with Crippen molar-refractivity contribution in [1.82, 2.24) is 4.90 Å². The molecule has 0 bridgehead atoms. The van der Waals surface area contributed by atoms with E-state index in [1.807, 2.05) is 6.92 Å². The van der Waals surface area contributed by atoms with Crippen LogP contribution in [0.2, 0.25) is 0 Å². The van der Waals surface area contributed by atoms with Crippen LogP contribution in [0.4, 0.5) is 0 Å². The normalized spacial score (nSPS) is 13.5. The standard InChI is InChI=1S/C10H24N2O2/c1-4-14-8-7-12(2)6-5-10(9-11)13-3/h10H,4-9,11H2,1-3H3. The van der Waals surface area contributed by atoms with Gasteiger partial charge in [-0.1, -0.05) is 0 Å². The zero-order valence-corrected chi connectivity index (χ0v) is 9.66. The fraction of sp³-hybridized carbons (Fsp3) is 1.00. The van der Waals surface area contributed by atoms with Crippen LogP contribution in [-0.4, -0.2) is 58.0 Å². The van der Waals surface area contributed by atoms with Gasteiger partial charge in [0.2, 0.25) is 0 Å². The average Bonchev–Trinajstić information content (AvgIpc) is 2.20. The summed E-state index contributed by atoms with van der Waals surface area (Å²) < 4.78 is 10.5. The zero-order valence-electron chi connectivity index (χ0n) is 9.66. The van der Waals surface area contributed by atoms with E-state index in [9.17, 15) is 0 Å². The van der Waals surface area contributed by atoms with Gasteiger partial charge in [0.05, 0.1) is 12.7 Å². The van der Waals surface area contributed by atoms with Crippen molar-refractivity contribution in [2.75, 3.05) is 47.0 Å². The first-order chi connectivity index (χ1) is 6.74. The molecule has 4 nitrogen and oxygen atoms in total. The highest BCUT2D eigenvalue weighted by atomic mass is 16.5. The number of methoxy groups -OCH3 is 1. The summed E-state index contributed by atoms with van der Waals surface area (Å²) in [7, 11) is 3.79. The molecule has 0 spiro atoms. The lowest BCUT2D eigenvalue weighted by Crippen LogP contribution is -2.30. The maximum absolute atomic E-state index is 5.52. The lowest BCUT2D eigenvalue weighted by Gasteiger charge is -2.19. The molecular formula is C10H24N2O2. The Labute approximate surface area is 87.4 Å². The first-order valence-electron chi connectivity index (χ1n) is 5.23. The number of ether oxygens (including phenoxy) is 2. The van der Waals surface area contributed by atoms with E-state index in [1.165, 1.54) is 0 Å². The molecule has 0 aliphatic carbocycles. The fourth-order valence-electron chi connectivity index (χ4n) is 1.17. The molecule has 86 valence electrons. The second-order valence-corrected chi connectivity index (χ2v) is 3.38. The lowest BCUT2D eigenvalue weighted by molar-refractivity contribution is 0.0832. The van der Waals surface area contributed by atoms with Crippen molar-refractivity contribution in [1.29, 1.82) is 0 Å². The van der Waals surface area contributed by atoms with E-state index in [4.69, 9.17) is 15.2 Å². The molecule has 0 fully saturated rings. The quantitative estimate of drug-likeness (QED) is 0.549. The Hall–Kier alpha value is -0.160. The summed E-state index contributed by atoms with van der Waals surface area (Å²) in [6.45, 7) is 6.16. The van der Waals surface area contributed by atoms with Gasteiger partial charge in [-0.15, -0.1) is 0 Å². The largest absolute Gasteiger partial charge is 0.380 e. The molecule has 0 aromatic carbocycles. The zero-order chi connectivity index (χ0) is 10.8. The minimum atomic E-state index is 0.185. The Morgan fingerprint density at radius 3 is 2.57 bits per heavy atom. The molecule has 4 heteroatoms. The van der Waals surface area contributed by atoms with Gasteiger partial charge in [0.1, 0.15) is 0 Å². The van der Waals surface area contributed by atoms with E-state index in [0.717, 1.165) is 32.7 Å². The highest BCUT2D eigenvalue weighted by molar-refractivity contribution is 4.61. The maximum Gasteiger partial charge on any atom is 0.0705 e. The van der Waals surface area contributed by atoms with Crippen molar-refractivity contribution in [3.8, 4) is 0 Å². The van der Waals surface area contributed by atoms with Crippen LogP contribution in [-0.2, 0) is 9.47 Å². The van der Waals surface area contributed by atoms with Gasteiger partial charge in [-0.3, -0.25) is 0 Å². The monoisotopic (exact) mass is 204 g/mol. The number of likely N-dealkylation sites (N-methyl/N-ethyl adjacent to an activating group) is 1. The maximum atomic E-state index is 5.52. The van der Waals surface area contributed by atoms with Crippen molar-refractivity contribution in [3.63, 3.8) is 0 Å². The topological polar surface area (TPSA) is 47.7 Å². The first-order valence-corrected chi connectivity index (χ1v) is 5.23. The lowest BCUT2D eigenvalue weighted by atomic mass is 10.2. The first kappa shape index (κ1) is 13.8. The number of hydrogen-bond donors (Lipinski definition) is 1. The Morgan fingerprint density at radius 1 is 1.36 bits per heavy atom. The number of hydrogen-bond acceptors (Lipinski definition) is 4. The van der Waals surface area contributed by atoms with E-state index < -0.39 is 0 Å². The molecular weight excluding hydrogens is 180 g/mol. The van der Waals surface area contributed by atoms with Crippen molar-refractivity contribution in [2.24, 2.45) is 5.73 Å². The van der Waals surface area contributed by atoms with Crippen LogP contribution in [0.5, 0.6) is 0 Å². The van der Waals surface area contributed by atoms with E-state index in [1.54, 1.807) is 7.11 Å². The number of nitrogens with two attached hydrogens (primary N) is 1. The van der Waals surface area contributed by atoms with Crippen LogP contribution >= 0.6 is 0 Å². The van der Waals surface area contributed by atoms with E-state index in [0.29, 0.717) is 6.54 Å². The molecule has 0 aliphatic heterocycles. The highest BCUT2D eigenvalue weighted by Gasteiger charge is 2.06. The molecule has 1 atom stereocenters. The third kappa shape index (κ3) is 7.26. The number of nitrogens with zero attached hydrogens (tertiary/aromatic N) is 1. The summed E-state index contributed by atoms with van der Waals surface area (Å²) in [4.78, 5) is 2.23. The predicted molar refractivity (Wildman–Crippen MR) is 58.5 cm³/mol. The van der Waals surface area contributed by atoms with Crippen LogP contribution < -0.4 is 5.73 Å². The van der Waals surface area contributed by atoms with Crippen LogP contribution in [0, 0.1) is 0 Å². The summed E-state index contributed by atoms with van der Waals surface area (Å²) >= 11 is 0. The molecule has 0 saturated heterocycles. The molecule has 2 N–H and O–H groups in total. The summed E-state index contributed by atoms with van der Waals surface area (Å²) in [5, 5.41) is 0. The Bertz CT molecular complexity index is 119. The molecule has 1 unspecified atom stereocenters. The second-order valence-electron chi connectivity index (χ2n) is 3.38. The minimum absolute atomic E-state index is 0.185. The average molecular weight is 204 g/mol. The van der Waals surface area contributed by atoms with Crippen molar-refractivity contribution in [2.45, 2.75) is 19.4 Å². The van der Waals surface area contributed by atoms with Gasteiger partial charge in [0.25, 0.3) is 0 Å². The molecule has 0 amide bonds. The SMILES string of the molecule is CCOCCN(C)CCC(CN)OC. The highest BCUT2D eigenvalue weighted by Crippen LogP contribution is 1.96. The molecule has 0 heterocycles. The summed E-state index contributed by atoms with van der Waals surface area (Å²) in [5.41, 5.74) is 5.52. The molecule has 0 aromatic rings. The van der Waals surface area contributed by atoms with Crippen molar-refractivity contribution >= 4 is 0 Å². The van der Waals surface area contributed by atoms with Gasteiger partial charge >= 0.3 is 0 Å². The van der Waals surface area contributed by atoms with Gasteiger partial charge in [-0.05, 0) is 20.4 Å². The molecule has 14 heavy (non-hydrogen) atoms. The molecule has 0 radical (unpaired) electrons. The summed E-state index contributed by atoms with van der Waals surface area (Å²) in [6.07, 6.45) is 1.17. The van der Waals surface area contributed by atoms with Crippen LogP contribution in [0.25, 0.3) is 0 Å². The predicted octanol–water partition coefficient (Wildman–Crippen LogP) is 0.319. The smallest absolute Gasteiger partial charge is 0.0705 e. The van der Waals surface area contributed by atoms with E-state index in [2.05, 4.69) is 11.9 Å². The fourth-order valence-corrected chi connectivity index (χ4v) is 1.17. The van der Waals surface area contributed by atoms with E-state index in [-0.39, 0.29) is 6.10 Å². The van der Waals surface area contributed by atoms with Crippen LogP contribution in [0.1, 0.15) is 13.3 Å².